The minimum atomic E-state index is -0.469. The van der Waals surface area contributed by atoms with Crippen LogP contribution in [0.25, 0.3) is 0 Å². The maximum absolute atomic E-state index is 12.5. The fraction of sp³-hybridized carbons (Fsp3) is 0.647. The molecule has 5 heteroatoms. The highest BCUT2D eigenvalue weighted by Gasteiger charge is 2.31. The minimum absolute atomic E-state index is 0.0562. The molecule has 2 rings (SSSR count). The standard InChI is InChI=1S/C17H27N3O2/c1-12-10-13(11-19-15(12)18-5)14-8-6-7-9-20(14)16(21)22-17(2,3)4/h10-11,14H,6-9H2,1-5H3,(H,18,19). The van der Waals surface area contributed by atoms with Crippen LogP contribution in [-0.4, -0.2) is 35.2 Å². The van der Waals surface area contributed by atoms with Crippen LogP contribution in [0.1, 0.15) is 57.2 Å². The molecule has 0 spiro atoms. The quantitative estimate of drug-likeness (QED) is 0.900. The molecule has 122 valence electrons. The maximum atomic E-state index is 12.5. The van der Waals surface area contributed by atoms with E-state index in [2.05, 4.69) is 16.4 Å². The van der Waals surface area contributed by atoms with E-state index in [0.717, 1.165) is 42.8 Å². The van der Waals surface area contributed by atoms with Crippen molar-refractivity contribution < 1.29 is 9.53 Å². The SMILES string of the molecule is CNc1ncc(C2CCCCN2C(=O)OC(C)(C)C)cc1C. The summed E-state index contributed by atoms with van der Waals surface area (Å²) in [5.74, 6) is 0.878. The van der Waals surface area contributed by atoms with E-state index < -0.39 is 5.60 Å². The summed E-state index contributed by atoms with van der Waals surface area (Å²) >= 11 is 0. The van der Waals surface area contributed by atoms with E-state index in [0.29, 0.717) is 0 Å². The van der Waals surface area contributed by atoms with E-state index in [1.54, 1.807) is 0 Å². The maximum Gasteiger partial charge on any atom is 0.410 e. The van der Waals surface area contributed by atoms with E-state index in [-0.39, 0.29) is 12.1 Å². The van der Waals surface area contributed by atoms with Crippen LogP contribution in [0.3, 0.4) is 0 Å². The third-order valence-electron chi connectivity index (χ3n) is 3.85. The Bertz CT molecular complexity index is 537. The summed E-state index contributed by atoms with van der Waals surface area (Å²) in [6.45, 7) is 8.47. The van der Waals surface area contributed by atoms with Crippen LogP contribution >= 0.6 is 0 Å². The molecule has 22 heavy (non-hydrogen) atoms. The number of amides is 1. The highest BCUT2D eigenvalue weighted by Crippen LogP contribution is 2.33. The van der Waals surface area contributed by atoms with Crippen LogP contribution in [-0.2, 0) is 4.74 Å². The molecule has 1 aromatic rings. The molecule has 1 amide bonds. The molecule has 1 aliphatic heterocycles. The Kier molecular flexibility index (Phi) is 4.94. The Morgan fingerprint density at radius 1 is 1.41 bits per heavy atom. The molecule has 1 aromatic heterocycles. The van der Waals surface area contributed by atoms with Crippen molar-refractivity contribution in [1.82, 2.24) is 9.88 Å². The van der Waals surface area contributed by atoms with Crippen molar-refractivity contribution in [1.29, 1.82) is 0 Å². The lowest BCUT2D eigenvalue weighted by molar-refractivity contribution is 0.00947. The second kappa shape index (κ2) is 6.55. The van der Waals surface area contributed by atoms with Crippen molar-refractivity contribution in [2.24, 2.45) is 0 Å². The van der Waals surface area contributed by atoms with Crippen LogP contribution < -0.4 is 5.32 Å². The lowest BCUT2D eigenvalue weighted by Gasteiger charge is -2.37. The van der Waals surface area contributed by atoms with E-state index >= 15 is 0 Å². The number of piperidine rings is 1. The number of carbonyl (C=O) groups excluding carboxylic acids is 1. The largest absolute Gasteiger partial charge is 0.444 e. The van der Waals surface area contributed by atoms with Crippen molar-refractivity contribution in [3.05, 3.63) is 23.4 Å². The molecule has 0 radical (unpaired) electrons. The molecule has 1 fully saturated rings. The molecule has 1 aliphatic rings. The van der Waals surface area contributed by atoms with Crippen molar-refractivity contribution in [2.75, 3.05) is 18.9 Å². The first kappa shape index (κ1) is 16.6. The first-order chi connectivity index (χ1) is 10.3. The number of nitrogens with zero attached hydrogens (tertiary/aromatic N) is 2. The van der Waals surface area contributed by atoms with Gasteiger partial charge in [0.25, 0.3) is 0 Å². The number of carbonyl (C=O) groups is 1. The van der Waals surface area contributed by atoms with Crippen LogP contribution in [0.5, 0.6) is 0 Å². The molecule has 0 saturated carbocycles. The first-order valence-electron chi connectivity index (χ1n) is 7.96. The summed E-state index contributed by atoms with van der Waals surface area (Å²) in [5.41, 5.74) is 1.71. The number of anilines is 1. The molecular formula is C17H27N3O2. The van der Waals surface area contributed by atoms with Crippen molar-refractivity contribution in [2.45, 2.75) is 58.6 Å². The van der Waals surface area contributed by atoms with Crippen molar-refractivity contribution in [3.8, 4) is 0 Å². The number of aryl methyl sites for hydroxylation is 1. The third kappa shape index (κ3) is 3.90. The number of likely N-dealkylation sites (tertiary alicyclic amines) is 1. The molecule has 0 bridgehead atoms. The number of aromatic nitrogens is 1. The van der Waals surface area contributed by atoms with Gasteiger partial charge in [-0.3, -0.25) is 0 Å². The molecule has 1 N–H and O–H groups in total. The molecule has 2 heterocycles. The summed E-state index contributed by atoms with van der Waals surface area (Å²) in [7, 11) is 1.86. The van der Waals surface area contributed by atoms with Crippen molar-refractivity contribution in [3.63, 3.8) is 0 Å². The number of pyridine rings is 1. The zero-order valence-electron chi connectivity index (χ0n) is 14.3. The summed E-state index contributed by atoms with van der Waals surface area (Å²) in [6, 6.07) is 2.17. The molecule has 1 saturated heterocycles. The fourth-order valence-electron chi connectivity index (χ4n) is 2.86. The fourth-order valence-corrected chi connectivity index (χ4v) is 2.86. The molecule has 1 atom stereocenters. The molecule has 5 nitrogen and oxygen atoms in total. The van der Waals surface area contributed by atoms with Gasteiger partial charge in [-0.2, -0.15) is 0 Å². The van der Waals surface area contributed by atoms with Gasteiger partial charge in [0.05, 0.1) is 6.04 Å². The predicted molar refractivity (Wildman–Crippen MR) is 88.1 cm³/mol. The number of rotatable bonds is 2. The van der Waals surface area contributed by atoms with Gasteiger partial charge in [-0.15, -0.1) is 0 Å². The Morgan fingerprint density at radius 2 is 2.14 bits per heavy atom. The molecule has 0 aromatic carbocycles. The number of hydrogen-bond donors (Lipinski definition) is 1. The monoisotopic (exact) mass is 305 g/mol. The summed E-state index contributed by atoms with van der Waals surface area (Å²) in [5, 5.41) is 3.07. The van der Waals surface area contributed by atoms with Crippen LogP contribution in [0, 0.1) is 6.92 Å². The average molecular weight is 305 g/mol. The predicted octanol–water partition coefficient (Wildman–Crippen LogP) is 3.89. The Labute approximate surface area is 133 Å². The molecule has 0 aliphatic carbocycles. The molecular weight excluding hydrogens is 278 g/mol. The second-order valence-electron chi connectivity index (χ2n) is 6.87. The van der Waals surface area contributed by atoms with Crippen molar-refractivity contribution >= 4 is 11.9 Å². The van der Waals surface area contributed by atoms with Gasteiger partial charge in [-0.1, -0.05) is 0 Å². The summed E-state index contributed by atoms with van der Waals surface area (Å²) < 4.78 is 5.56. The topological polar surface area (TPSA) is 54.5 Å². The number of nitrogens with one attached hydrogen (secondary N) is 1. The highest BCUT2D eigenvalue weighted by molar-refractivity contribution is 5.69. The van der Waals surface area contributed by atoms with Crippen LogP contribution in [0.2, 0.25) is 0 Å². The van der Waals surface area contributed by atoms with Gasteiger partial charge in [-0.05, 0) is 64.2 Å². The van der Waals surface area contributed by atoms with Gasteiger partial charge >= 0.3 is 6.09 Å². The Morgan fingerprint density at radius 3 is 2.73 bits per heavy atom. The summed E-state index contributed by atoms with van der Waals surface area (Å²) in [4.78, 5) is 18.8. The van der Waals surface area contributed by atoms with E-state index in [1.165, 1.54) is 0 Å². The highest BCUT2D eigenvalue weighted by atomic mass is 16.6. The van der Waals surface area contributed by atoms with Gasteiger partial charge in [0.1, 0.15) is 11.4 Å². The van der Waals surface area contributed by atoms with Crippen LogP contribution in [0.15, 0.2) is 12.3 Å². The second-order valence-corrected chi connectivity index (χ2v) is 6.87. The lowest BCUT2D eigenvalue weighted by atomic mass is 9.96. The Balaban J connectivity index is 2.22. The number of hydrogen-bond acceptors (Lipinski definition) is 4. The van der Waals surface area contributed by atoms with Gasteiger partial charge in [-0.25, -0.2) is 9.78 Å². The van der Waals surface area contributed by atoms with E-state index in [1.807, 2.05) is 45.8 Å². The van der Waals surface area contributed by atoms with E-state index in [9.17, 15) is 4.79 Å². The zero-order chi connectivity index (χ0) is 16.3. The average Bonchev–Trinajstić information content (AvgIpc) is 2.45. The van der Waals surface area contributed by atoms with Gasteiger partial charge in [0.2, 0.25) is 0 Å². The van der Waals surface area contributed by atoms with E-state index in [4.69, 9.17) is 4.74 Å². The lowest BCUT2D eigenvalue weighted by Crippen LogP contribution is -2.41. The van der Waals surface area contributed by atoms with Gasteiger partial charge in [0, 0.05) is 19.8 Å². The number of ether oxygens (including phenoxy) is 1. The zero-order valence-corrected chi connectivity index (χ0v) is 14.3. The minimum Gasteiger partial charge on any atom is -0.444 e. The summed E-state index contributed by atoms with van der Waals surface area (Å²) in [6.07, 6.45) is 4.74. The van der Waals surface area contributed by atoms with Gasteiger partial charge in [0.15, 0.2) is 0 Å². The van der Waals surface area contributed by atoms with Gasteiger partial charge < -0.3 is 15.0 Å². The Hall–Kier alpha value is -1.78. The smallest absolute Gasteiger partial charge is 0.410 e. The first-order valence-corrected chi connectivity index (χ1v) is 7.96. The normalized spacial score (nSPS) is 19.0. The van der Waals surface area contributed by atoms with Crippen LogP contribution in [0.4, 0.5) is 10.6 Å². The molecule has 1 unspecified atom stereocenters. The third-order valence-corrected chi connectivity index (χ3v) is 3.85.